The molecule has 0 heterocycles. The maximum atomic E-state index is 10.4. The van der Waals surface area contributed by atoms with Gasteiger partial charge in [-0.15, -0.1) is 12.4 Å². The summed E-state index contributed by atoms with van der Waals surface area (Å²) in [5, 5.41) is 11.0. The predicted octanol–water partition coefficient (Wildman–Crippen LogP) is 3.29. The number of nitrogen functional groups attached to an aromatic ring is 1. The van der Waals surface area contributed by atoms with Crippen molar-refractivity contribution < 1.29 is 5.11 Å². The van der Waals surface area contributed by atoms with Crippen molar-refractivity contribution in [1.29, 1.82) is 0 Å². The summed E-state index contributed by atoms with van der Waals surface area (Å²) >= 11 is 5.96. The van der Waals surface area contributed by atoms with Gasteiger partial charge in [0.25, 0.3) is 0 Å². The third-order valence-electron chi connectivity index (χ3n) is 3.91. The highest BCUT2D eigenvalue weighted by Gasteiger charge is 2.28. The highest BCUT2D eigenvalue weighted by Crippen LogP contribution is 2.33. The Labute approximate surface area is 125 Å². The van der Waals surface area contributed by atoms with Crippen molar-refractivity contribution in [3.63, 3.8) is 0 Å². The van der Waals surface area contributed by atoms with E-state index >= 15 is 0 Å². The molecule has 1 saturated carbocycles. The predicted molar refractivity (Wildman–Crippen MR) is 82.6 cm³/mol. The van der Waals surface area contributed by atoms with Crippen molar-refractivity contribution in [1.82, 2.24) is 0 Å². The Bertz CT molecular complexity index is 408. The molecule has 0 amide bonds. The monoisotopic (exact) mass is 304 g/mol. The molecular formula is C14H22Cl2N2O. The summed E-state index contributed by atoms with van der Waals surface area (Å²) in [6, 6.07) is 4.78. The van der Waals surface area contributed by atoms with Crippen LogP contribution in [0.3, 0.4) is 0 Å². The van der Waals surface area contributed by atoms with Crippen molar-refractivity contribution in [3.05, 3.63) is 28.8 Å². The Balaban J connectivity index is 0.00000180. The molecule has 0 bridgehead atoms. The number of aliphatic hydroxyl groups is 1. The number of anilines is 1. The number of halogens is 2. The molecule has 1 aliphatic carbocycles. The van der Waals surface area contributed by atoms with Gasteiger partial charge in [0.15, 0.2) is 0 Å². The summed E-state index contributed by atoms with van der Waals surface area (Å²) in [6.07, 6.45) is 5.19. The van der Waals surface area contributed by atoms with E-state index in [2.05, 4.69) is 0 Å². The molecule has 1 aromatic rings. The summed E-state index contributed by atoms with van der Waals surface area (Å²) in [5.74, 6) is 0.284. The van der Waals surface area contributed by atoms with Gasteiger partial charge in [0, 0.05) is 10.7 Å². The van der Waals surface area contributed by atoms with Crippen molar-refractivity contribution in [2.45, 2.75) is 44.2 Å². The minimum absolute atomic E-state index is 0. The molecule has 5 heteroatoms. The maximum absolute atomic E-state index is 10.4. The van der Waals surface area contributed by atoms with Crippen LogP contribution in [0.25, 0.3) is 0 Å². The first-order chi connectivity index (χ1) is 8.59. The molecule has 19 heavy (non-hydrogen) atoms. The molecule has 1 aliphatic rings. The molecular weight excluding hydrogens is 283 g/mol. The van der Waals surface area contributed by atoms with E-state index in [0.29, 0.717) is 10.7 Å². The largest absolute Gasteiger partial charge is 0.398 e. The highest BCUT2D eigenvalue weighted by molar-refractivity contribution is 6.30. The molecule has 108 valence electrons. The first-order valence-corrected chi connectivity index (χ1v) is 6.96. The summed E-state index contributed by atoms with van der Waals surface area (Å²) in [7, 11) is 0. The first kappa shape index (κ1) is 16.6. The third kappa shape index (κ3) is 3.99. The minimum Gasteiger partial charge on any atom is -0.398 e. The summed E-state index contributed by atoms with van der Waals surface area (Å²) in [5.41, 5.74) is 13.4. The number of benzene rings is 1. The normalized spacial score (nSPS) is 19.5. The van der Waals surface area contributed by atoms with Crippen molar-refractivity contribution in [2.75, 3.05) is 5.73 Å². The lowest BCUT2D eigenvalue weighted by atomic mass is 9.81. The fourth-order valence-electron chi connectivity index (χ4n) is 2.79. The van der Waals surface area contributed by atoms with Gasteiger partial charge >= 0.3 is 0 Å². The Morgan fingerprint density at radius 1 is 1.21 bits per heavy atom. The lowest BCUT2D eigenvalue weighted by molar-refractivity contribution is 0.0620. The molecule has 0 unspecified atom stereocenters. The highest BCUT2D eigenvalue weighted by atomic mass is 35.5. The van der Waals surface area contributed by atoms with Gasteiger partial charge in [-0.25, -0.2) is 0 Å². The molecule has 0 radical (unpaired) electrons. The zero-order valence-electron chi connectivity index (χ0n) is 10.9. The Morgan fingerprint density at radius 2 is 1.84 bits per heavy atom. The van der Waals surface area contributed by atoms with Crippen LogP contribution in [-0.2, 0) is 0 Å². The molecule has 3 nitrogen and oxygen atoms in total. The molecule has 1 fully saturated rings. The lowest BCUT2D eigenvalue weighted by Crippen LogP contribution is -2.34. The number of nitrogens with two attached hydrogens (primary N) is 2. The second kappa shape index (κ2) is 7.34. The van der Waals surface area contributed by atoms with Crippen LogP contribution >= 0.6 is 24.0 Å². The molecule has 0 aliphatic heterocycles. The summed E-state index contributed by atoms with van der Waals surface area (Å²) in [4.78, 5) is 0. The number of rotatable bonds is 3. The third-order valence-corrected chi connectivity index (χ3v) is 4.14. The second-order valence-electron chi connectivity index (χ2n) is 5.19. The van der Waals surface area contributed by atoms with E-state index in [0.717, 1.165) is 18.4 Å². The average Bonchev–Trinajstić information content (AvgIpc) is 2.41. The van der Waals surface area contributed by atoms with E-state index in [1.807, 2.05) is 0 Å². The molecule has 5 N–H and O–H groups in total. The van der Waals surface area contributed by atoms with Crippen LogP contribution in [0.2, 0.25) is 5.02 Å². The quantitative estimate of drug-likeness (QED) is 0.750. The van der Waals surface area contributed by atoms with E-state index in [1.54, 1.807) is 18.2 Å². The van der Waals surface area contributed by atoms with E-state index < -0.39 is 12.1 Å². The average molecular weight is 305 g/mol. The lowest BCUT2D eigenvalue weighted by Gasteiger charge is -2.31. The van der Waals surface area contributed by atoms with Gasteiger partial charge in [-0.1, -0.05) is 30.9 Å². The Kier molecular flexibility index (Phi) is 6.40. The Hall–Kier alpha value is -0.480. The van der Waals surface area contributed by atoms with Crippen molar-refractivity contribution >= 4 is 29.7 Å². The van der Waals surface area contributed by atoms with Gasteiger partial charge < -0.3 is 16.6 Å². The van der Waals surface area contributed by atoms with E-state index in [9.17, 15) is 5.11 Å². The van der Waals surface area contributed by atoms with Crippen molar-refractivity contribution in [3.8, 4) is 0 Å². The van der Waals surface area contributed by atoms with Gasteiger partial charge in [0.2, 0.25) is 0 Å². The van der Waals surface area contributed by atoms with Crippen LogP contribution in [0, 0.1) is 5.92 Å². The van der Waals surface area contributed by atoms with E-state index in [1.165, 1.54) is 19.3 Å². The van der Waals surface area contributed by atoms with Crippen molar-refractivity contribution in [2.24, 2.45) is 11.7 Å². The minimum atomic E-state index is -0.536. The Morgan fingerprint density at radius 3 is 2.47 bits per heavy atom. The van der Waals surface area contributed by atoms with Gasteiger partial charge in [0.05, 0.1) is 12.1 Å². The first-order valence-electron chi connectivity index (χ1n) is 6.58. The van der Waals surface area contributed by atoms with Crippen LogP contribution in [0.15, 0.2) is 18.2 Å². The molecule has 2 rings (SSSR count). The SMILES string of the molecule is Cl.Nc1ccc(Cl)cc1[C@H](N)[C@H](O)C1CCCCC1. The van der Waals surface area contributed by atoms with Gasteiger partial charge in [-0.3, -0.25) is 0 Å². The maximum Gasteiger partial charge on any atom is 0.0761 e. The molecule has 0 aromatic heterocycles. The second-order valence-corrected chi connectivity index (χ2v) is 5.62. The zero-order valence-corrected chi connectivity index (χ0v) is 12.5. The number of hydrogen-bond donors (Lipinski definition) is 3. The van der Waals surface area contributed by atoms with Crippen LogP contribution in [0.4, 0.5) is 5.69 Å². The topological polar surface area (TPSA) is 72.3 Å². The molecule has 1 aromatic carbocycles. The van der Waals surface area contributed by atoms with Gasteiger partial charge in [0.1, 0.15) is 0 Å². The fourth-order valence-corrected chi connectivity index (χ4v) is 2.97. The molecule has 0 saturated heterocycles. The molecule has 0 spiro atoms. The number of aliphatic hydroxyl groups excluding tert-OH is 1. The number of hydrogen-bond acceptors (Lipinski definition) is 3. The van der Waals surface area contributed by atoms with E-state index in [-0.39, 0.29) is 18.3 Å². The standard InChI is InChI=1S/C14H21ClN2O.ClH/c15-10-6-7-12(16)11(8-10)13(17)14(18)9-4-2-1-3-5-9;/h6-9,13-14,18H,1-5,16-17H2;1H/t13-,14+;/m0./s1. The molecule has 2 atom stereocenters. The van der Waals surface area contributed by atoms with Crippen LogP contribution < -0.4 is 11.5 Å². The fraction of sp³-hybridized carbons (Fsp3) is 0.571. The smallest absolute Gasteiger partial charge is 0.0761 e. The van der Waals surface area contributed by atoms with Gasteiger partial charge in [-0.05, 0) is 42.5 Å². The van der Waals surface area contributed by atoms with E-state index in [4.69, 9.17) is 23.1 Å². The summed E-state index contributed by atoms with van der Waals surface area (Å²) in [6.45, 7) is 0. The van der Waals surface area contributed by atoms with Crippen LogP contribution in [-0.4, -0.2) is 11.2 Å². The zero-order chi connectivity index (χ0) is 13.1. The van der Waals surface area contributed by atoms with Crippen LogP contribution in [0.5, 0.6) is 0 Å². The van der Waals surface area contributed by atoms with Crippen LogP contribution in [0.1, 0.15) is 43.7 Å². The summed E-state index contributed by atoms with van der Waals surface area (Å²) < 4.78 is 0. The van der Waals surface area contributed by atoms with Gasteiger partial charge in [-0.2, -0.15) is 0 Å².